The first-order chi connectivity index (χ1) is 14.7. The van der Waals surface area contributed by atoms with Gasteiger partial charge < -0.3 is 0 Å². The fraction of sp³-hybridized carbons (Fsp3) is 0.217. The van der Waals surface area contributed by atoms with Gasteiger partial charge in [-0.15, -0.1) is 5.10 Å². The summed E-state index contributed by atoms with van der Waals surface area (Å²) in [6.45, 7) is 5.20. The van der Waals surface area contributed by atoms with Gasteiger partial charge in [-0.3, -0.25) is 9.13 Å². The van der Waals surface area contributed by atoms with Crippen LogP contribution in [0.5, 0.6) is 0 Å². The average Bonchev–Trinajstić information content (AvgIpc) is 3.42. The van der Waals surface area contributed by atoms with Crippen LogP contribution in [0.25, 0.3) is 16.8 Å². The molecule has 0 bridgehead atoms. The van der Waals surface area contributed by atoms with E-state index < -0.39 is 0 Å². The lowest BCUT2D eigenvalue weighted by molar-refractivity contribution is 0.660. The van der Waals surface area contributed by atoms with Crippen LogP contribution in [0.1, 0.15) is 25.1 Å². The molecule has 30 heavy (non-hydrogen) atoms. The van der Waals surface area contributed by atoms with Crippen molar-refractivity contribution in [3.8, 4) is 16.8 Å². The Morgan fingerprint density at radius 1 is 1.07 bits per heavy atom. The van der Waals surface area contributed by atoms with E-state index in [1.165, 1.54) is 0 Å². The Morgan fingerprint density at radius 3 is 2.57 bits per heavy atom. The highest BCUT2D eigenvalue weighted by Crippen LogP contribution is 2.26. The summed E-state index contributed by atoms with van der Waals surface area (Å²) < 4.78 is 5.27. The number of hydrogen-bond donors (Lipinski definition) is 0. The van der Waals surface area contributed by atoms with Crippen LogP contribution >= 0.6 is 0 Å². The maximum Gasteiger partial charge on any atom is 0.328 e. The number of allylic oxidation sites excluding steroid dienone is 2. The van der Waals surface area contributed by atoms with Gasteiger partial charge in [-0.25, -0.2) is 4.79 Å². The highest BCUT2D eigenvalue weighted by Gasteiger charge is 2.11. The second-order valence-corrected chi connectivity index (χ2v) is 7.02. The Hall–Kier alpha value is -3.74. The molecule has 0 amide bonds. The molecule has 0 unspecified atom stereocenters. The molecule has 2 aromatic heterocycles. The van der Waals surface area contributed by atoms with Gasteiger partial charge in [0.1, 0.15) is 6.33 Å². The number of benzene rings is 2. The maximum absolute atomic E-state index is 12.7. The molecule has 0 atom stereocenters. The van der Waals surface area contributed by atoms with Gasteiger partial charge in [0.15, 0.2) is 0 Å². The molecule has 0 aliphatic heterocycles. The van der Waals surface area contributed by atoms with Crippen LogP contribution in [0.4, 0.5) is 0 Å². The lowest BCUT2D eigenvalue weighted by Crippen LogP contribution is -2.25. The molecule has 4 rings (SSSR count). The topological polar surface area (TPSA) is 70.5 Å². The zero-order chi connectivity index (χ0) is 20.9. The standard InChI is InChI=1S/C23H24N6O/c1-3-5-8-20-16-27(4-2)23(30)28(20)15-18-11-13-19(14-12-18)21-9-6-7-10-22(21)29-17-24-25-26-29/h3,5-7,9-14,16-17H,4,8,15H2,1-2H3. The first-order valence-electron chi connectivity index (χ1n) is 10.0. The molecule has 0 N–H and O–H groups in total. The Morgan fingerprint density at radius 2 is 1.87 bits per heavy atom. The van der Waals surface area contributed by atoms with E-state index in [1.54, 1.807) is 15.6 Å². The molecule has 7 heteroatoms. The van der Waals surface area contributed by atoms with Crippen molar-refractivity contribution in [3.63, 3.8) is 0 Å². The second kappa shape index (κ2) is 8.73. The molecule has 2 heterocycles. The number of rotatable bonds is 7. The van der Waals surface area contributed by atoms with Gasteiger partial charge in [0.25, 0.3) is 0 Å². The van der Waals surface area contributed by atoms with Crippen LogP contribution in [0, 0.1) is 0 Å². The number of aryl methyl sites for hydroxylation is 1. The summed E-state index contributed by atoms with van der Waals surface area (Å²) in [5, 5.41) is 11.5. The molecular weight excluding hydrogens is 376 g/mol. The molecule has 0 aliphatic rings. The Balaban J connectivity index is 1.64. The first-order valence-corrected chi connectivity index (χ1v) is 10.0. The third-order valence-electron chi connectivity index (χ3n) is 5.14. The predicted octanol–water partition coefficient (Wildman–Crippen LogP) is 3.48. The van der Waals surface area contributed by atoms with E-state index in [-0.39, 0.29) is 5.69 Å². The minimum atomic E-state index is 0.0325. The Bertz CT molecular complexity index is 1200. The molecule has 2 aromatic carbocycles. The third kappa shape index (κ3) is 3.87. The maximum atomic E-state index is 12.7. The highest BCUT2D eigenvalue weighted by molar-refractivity contribution is 5.72. The van der Waals surface area contributed by atoms with E-state index in [2.05, 4.69) is 45.9 Å². The molecule has 0 radical (unpaired) electrons. The van der Waals surface area contributed by atoms with Crippen molar-refractivity contribution < 1.29 is 0 Å². The fourth-order valence-corrected chi connectivity index (χ4v) is 3.54. The van der Waals surface area contributed by atoms with Gasteiger partial charge in [-0.05, 0) is 41.5 Å². The SMILES string of the molecule is CC=CCc1cn(CC)c(=O)n1Cc1ccc(-c2ccccc2-n2cnnn2)cc1. The lowest BCUT2D eigenvalue weighted by Gasteiger charge is -2.10. The predicted molar refractivity (Wildman–Crippen MR) is 117 cm³/mol. The van der Waals surface area contributed by atoms with Crippen LogP contribution in [0.15, 0.2) is 78.0 Å². The van der Waals surface area contributed by atoms with Crippen LogP contribution in [-0.4, -0.2) is 29.3 Å². The van der Waals surface area contributed by atoms with Crippen LogP contribution < -0.4 is 5.69 Å². The fourth-order valence-electron chi connectivity index (χ4n) is 3.54. The van der Waals surface area contributed by atoms with Gasteiger partial charge in [-0.2, -0.15) is 4.68 Å². The molecule has 152 valence electrons. The minimum Gasteiger partial charge on any atom is -0.299 e. The number of para-hydroxylation sites is 1. The number of tetrazole rings is 1. The van der Waals surface area contributed by atoms with Gasteiger partial charge in [0.2, 0.25) is 0 Å². The average molecular weight is 400 g/mol. The van der Waals surface area contributed by atoms with E-state index in [4.69, 9.17) is 0 Å². The molecule has 0 spiro atoms. The number of hydrogen-bond acceptors (Lipinski definition) is 4. The van der Waals surface area contributed by atoms with Gasteiger partial charge in [0.05, 0.1) is 12.2 Å². The van der Waals surface area contributed by atoms with Crippen molar-refractivity contribution >= 4 is 0 Å². The van der Waals surface area contributed by atoms with Crippen molar-refractivity contribution in [1.29, 1.82) is 0 Å². The molecule has 7 nitrogen and oxygen atoms in total. The summed E-state index contributed by atoms with van der Waals surface area (Å²) in [6, 6.07) is 16.3. The monoisotopic (exact) mass is 400 g/mol. The third-order valence-corrected chi connectivity index (χ3v) is 5.14. The summed E-state index contributed by atoms with van der Waals surface area (Å²) >= 11 is 0. The van der Waals surface area contributed by atoms with Crippen molar-refractivity contribution in [2.75, 3.05) is 0 Å². The first kappa shape index (κ1) is 19.6. The Kier molecular flexibility index (Phi) is 5.70. The summed E-state index contributed by atoms with van der Waals surface area (Å²) in [6.07, 6.45) is 8.37. The highest BCUT2D eigenvalue weighted by atomic mass is 16.1. The van der Waals surface area contributed by atoms with Crippen molar-refractivity contribution in [1.82, 2.24) is 29.3 Å². The molecular formula is C23H24N6O. The van der Waals surface area contributed by atoms with E-state index in [1.807, 2.05) is 55.0 Å². The normalized spacial score (nSPS) is 11.4. The second-order valence-electron chi connectivity index (χ2n) is 7.02. The summed E-state index contributed by atoms with van der Waals surface area (Å²) in [5.41, 5.74) is 5.16. The summed E-state index contributed by atoms with van der Waals surface area (Å²) in [7, 11) is 0. The van der Waals surface area contributed by atoms with E-state index >= 15 is 0 Å². The molecule has 4 aromatic rings. The van der Waals surface area contributed by atoms with Gasteiger partial charge >= 0.3 is 5.69 Å². The van der Waals surface area contributed by atoms with Crippen molar-refractivity contribution in [2.24, 2.45) is 0 Å². The lowest BCUT2D eigenvalue weighted by atomic mass is 10.0. The number of imidazole rings is 1. The van der Waals surface area contributed by atoms with E-state index in [9.17, 15) is 4.79 Å². The molecule has 0 saturated carbocycles. The number of aromatic nitrogens is 6. The van der Waals surface area contributed by atoms with E-state index in [0.29, 0.717) is 13.1 Å². The number of nitrogens with zero attached hydrogens (tertiary/aromatic N) is 6. The summed E-state index contributed by atoms with van der Waals surface area (Å²) in [4.78, 5) is 12.7. The zero-order valence-corrected chi connectivity index (χ0v) is 17.1. The summed E-state index contributed by atoms with van der Waals surface area (Å²) in [5.74, 6) is 0. The van der Waals surface area contributed by atoms with E-state index in [0.717, 1.165) is 34.5 Å². The minimum absolute atomic E-state index is 0.0325. The molecule has 0 aliphatic carbocycles. The van der Waals surface area contributed by atoms with Crippen LogP contribution in [-0.2, 0) is 19.5 Å². The van der Waals surface area contributed by atoms with Gasteiger partial charge in [0, 0.05) is 30.4 Å². The molecule has 0 fully saturated rings. The largest absolute Gasteiger partial charge is 0.328 e. The Labute approximate surface area is 174 Å². The molecule has 0 saturated heterocycles. The van der Waals surface area contributed by atoms with Crippen LogP contribution in [0.3, 0.4) is 0 Å². The van der Waals surface area contributed by atoms with Crippen LogP contribution in [0.2, 0.25) is 0 Å². The van der Waals surface area contributed by atoms with Gasteiger partial charge in [-0.1, -0.05) is 54.6 Å². The van der Waals surface area contributed by atoms with Crippen molar-refractivity contribution in [3.05, 3.63) is 94.9 Å². The quantitative estimate of drug-likeness (QED) is 0.445. The zero-order valence-electron chi connectivity index (χ0n) is 17.1. The smallest absolute Gasteiger partial charge is 0.299 e. The van der Waals surface area contributed by atoms with Crippen molar-refractivity contribution in [2.45, 2.75) is 33.4 Å².